The van der Waals surface area contributed by atoms with E-state index in [0.717, 1.165) is 6.42 Å². The van der Waals surface area contributed by atoms with E-state index in [1.165, 1.54) is 4.90 Å². The molecule has 0 bridgehead atoms. The van der Waals surface area contributed by atoms with Crippen molar-refractivity contribution in [3.05, 3.63) is 0 Å². The Bertz CT molecular complexity index is 226. The molecule has 0 aromatic heterocycles. The standard InChI is InChI=1S/C8H13NO4/c1-12-6-4-9(7(10)11)3-2-8(6)5-13-8/h6H,2-5H2,1H3,(H,10,11). The zero-order chi connectivity index (χ0) is 9.47. The maximum atomic E-state index is 10.7. The van der Waals surface area contributed by atoms with Crippen molar-refractivity contribution in [1.29, 1.82) is 0 Å². The number of hydrogen-bond acceptors (Lipinski definition) is 3. The van der Waals surface area contributed by atoms with Crippen LogP contribution in [0.4, 0.5) is 4.79 Å². The smallest absolute Gasteiger partial charge is 0.407 e. The number of epoxide rings is 1. The van der Waals surface area contributed by atoms with Crippen molar-refractivity contribution in [1.82, 2.24) is 4.90 Å². The third-order valence-electron chi connectivity index (χ3n) is 2.85. The van der Waals surface area contributed by atoms with Crippen LogP contribution in [0.15, 0.2) is 0 Å². The molecule has 0 saturated carbocycles. The molecule has 13 heavy (non-hydrogen) atoms. The zero-order valence-electron chi connectivity index (χ0n) is 7.52. The third kappa shape index (κ3) is 1.38. The molecule has 0 aromatic carbocycles. The molecule has 2 unspecified atom stereocenters. The summed E-state index contributed by atoms with van der Waals surface area (Å²) in [5, 5.41) is 8.77. The van der Waals surface area contributed by atoms with Gasteiger partial charge >= 0.3 is 6.09 Å². The Morgan fingerprint density at radius 2 is 2.46 bits per heavy atom. The van der Waals surface area contributed by atoms with Crippen LogP contribution >= 0.6 is 0 Å². The predicted octanol–water partition coefficient (Wildman–Crippen LogP) is 0.154. The first kappa shape index (κ1) is 8.77. The molecule has 0 radical (unpaired) electrons. The van der Waals surface area contributed by atoms with Crippen LogP contribution in [0.2, 0.25) is 0 Å². The summed E-state index contributed by atoms with van der Waals surface area (Å²) in [4.78, 5) is 12.1. The van der Waals surface area contributed by atoms with Crippen LogP contribution in [0.3, 0.4) is 0 Å². The fourth-order valence-corrected chi connectivity index (χ4v) is 1.83. The van der Waals surface area contributed by atoms with Crippen LogP contribution in [-0.2, 0) is 9.47 Å². The molecule has 5 nitrogen and oxygen atoms in total. The van der Waals surface area contributed by atoms with E-state index in [9.17, 15) is 4.79 Å². The number of ether oxygens (including phenoxy) is 2. The van der Waals surface area contributed by atoms with E-state index in [1.54, 1.807) is 7.11 Å². The Balaban J connectivity index is 2.01. The molecule has 0 aromatic rings. The van der Waals surface area contributed by atoms with Gasteiger partial charge in [-0.2, -0.15) is 0 Å². The van der Waals surface area contributed by atoms with Gasteiger partial charge < -0.3 is 19.5 Å². The minimum atomic E-state index is -0.877. The summed E-state index contributed by atoms with van der Waals surface area (Å²) < 4.78 is 10.5. The van der Waals surface area contributed by atoms with Crippen LogP contribution in [0.1, 0.15) is 6.42 Å². The Labute approximate surface area is 76.2 Å². The molecule has 2 aliphatic rings. The van der Waals surface area contributed by atoms with Crippen LogP contribution in [0.5, 0.6) is 0 Å². The number of likely N-dealkylation sites (tertiary alicyclic amines) is 1. The topological polar surface area (TPSA) is 62.3 Å². The minimum Gasteiger partial charge on any atom is -0.465 e. The van der Waals surface area contributed by atoms with E-state index >= 15 is 0 Å². The van der Waals surface area contributed by atoms with Crippen LogP contribution in [0, 0.1) is 0 Å². The molecule has 2 rings (SSSR count). The first-order valence-electron chi connectivity index (χ1n) is 4.32. The first-order valence-corrected chi connectivity index (χ1v) is 4.32. The van der Waals surface area contributed by atoms with Crippen LogP contribution in [-0.4, -0.2) is 54.6 Å². The second kappa shape index (κ2) is 2.85. The van der Waals surface area contributed by atoms with Crippen molar-refractivity contribution in [2.45, 2.75) is 18.1 Å². The molecule has 1 N–H and O–H groups in total. The van der Waals surface area contributed by atoms with E-state index in [1.807, 2.05) is 0 Å². The Kier molecular flexibility index (Phi) is 1.92. The van der Waals surface area contributed by atoms with Gasteiger partial charge in [0.05, 0.1) is 13.2 Å². The highest BCUT2D eigenvalue weighted by molar-refractivity contribution is 5.65. The fraction of sp³-hybridized carbons (Fsp3) is 0.875. The largest absolute Gasteiger partial charge is 0.465 e. The number of carboxylic acid groups (broad SMARTS) is 1. The van der Waals surface area contributed by atoms with E-state index < -0.39 is 6.09 Å². The normalized spacial score (nSPS) is 37.9. The van der Waals surface area contributed by atoms with Crippen LogP contribution < -0.4 is 0 Å². The molecule has 1 spiro atoms. The third-order valence-corrected chi connectivity index (χ3v) is 2.85. The Morgan fingerprint density at radius 3 is 2.92 bits per heavy atom. The van der Waals surface area contributed by atoms with Crippen molar-refractivity contribution < 1.29 is 19.4 Å². The predicted molar refractivity (Wildman–Crippen MR) is 43.7 cm³/mol. The zero-order valence-corrected chi connectivity index (χ0v) is 7.52. The second-order valence-corrected chi connectivity index (χ2v) is 3.56. The minimum absolute atomic E-state index is 0.0997. The summed E-state index contributed by atoms with van der Waals surface area (Å²) in [6, 6.07) is 0. The van der Waals surface area contributed by atoms with Gasteiger partial charge in [-0.05, 0) is 6.42 Å². The Hall–Kier alpha value is -0.810. The second-order valence-electron chi connectivity index (χ2n) is 3.56. The lowest BCUT2D eigenvalue weighted by molar-refractivity contribution is -0.0226. The molecular weight excluding hydrogens is 174 g/mol. The van der Waals surface area contributed by atoms with Crippen molar-refractivity contribution in [2.24, 2.45) is 0 Å². The number of carbonyl (C=O) groups is 1. The molecule has 2 fully saturated rings. The molecule has 2 saturated heterocycles. The lowest BCUT2D eigenvalue weighted by Gasteiger charge is -2.34. The number of nitrogens with zero attached hydrogens (tertiary/aromatic N) is 1. The van der Waals surface area contributed by atoms with Crippen molar-refractivity contribution in [3.63, 3.8) is 0 Å². The number of rotatable bonds is 1. The summed E-state index contributed by atoms with van der Waals surface area (Å²) in [5.74, 6) is 0. The highest BCUT2D eigenvalue weighted by Gasteiger charge is 2.55. The molecule has 2 heterocycles. The van der Waals surface area contributed by atoms with Gasteiger partial charge in [-0.15, -0.1) is 0 Å². The van der Waals surface area contributed by atoms with Crippen LogP contribution in [0.25, 0.3) is 0 Å². The molecule has 1 amide bonds. The monoisotopic (exact) mass is 187 g/mol. The average molecular weight is 187 g/mol. The molecule has 0 aliphatic carbocycles. The Morgan fingerprint density at radius 1 is 1.77 bits per heavy atom. The number of hydrogen-bond donors (Lipinski definition) is 1. The molecule has 74 valence electrons. The number of methoxy groups -OCH3 is 1. The summed E-state index contributed by atoms with van der Waals surface area (Å²) in [6.07, 6.45) is -0.229. The van der Waals surface area contributed by atoms with Gasteiger partial charge in [0.2, 0.25) is 0 Å². The summed E-state index contributed by atoms with van der Waals surface area (Å²) in [7, 11) is 1.60. The number of amides is 1. The molecule has 2 aliphatic heterocycles. The van der Waals surface area contributed by atoms with E-state index in [2.05, 4.69) is 0 Å². The lowest BCUT2D eigenvalue weighted by atomic mass is 9.95. The number of piperidine rings is 1. The van der Waals surface area contributed by atoms with Crippen molar-refractivity contribution >= 4 is 6.09 Å². The molecular formula is C8H13NO4. The van der Waals surface area contributed by atoms with E-state index in [-0.39, 0.29) is 11.7 Å². The lowest BCUT2D eigenvalue weighted by Crippen LogP contribution is -2.51. The van der Waals surface area contributed by atoms with Gasteiger partial charge in [-0.3, -0.25) is 0 Å². The SMILES string of the molecule is COC1CN(C(=O)O)CCC12CO2. The molecule has 2 atom stereocenters. The van der Waals surface area contributed by atoms with E-state index in [4.69, 9.17) is 14.6 Å². The summed E-state index contributed by atoms with van der Waals surface area (Å²) in [5.41, 5.74) is -0.166. The highest BCUT2D eigenvalue weighted by Crippen LogP contribution is 2.39. The average Bonchev–Trinajstić information content (AvgIpc) is 2.86. The van der Waals surface area contributed by atoms with Gasteiger partial charge in [0.1, 0.15) is 11.7 Å². The van der Waals surface area contributed by atoms with Gasteiger partial charge in [0, 0.05) is 13.7 Å². The van der Waals surface area contributed by atoms with Gasteiger partial charge in [0.15, 0.2) is 0 Å². The van der Waals surface area contributed by atoms with Crippen molar-refractivity contribution in [3.8, 4) is 0 Å². The van der Waals surface area contributed by atoms with Gasteiger partial charge in [-0.25, -0.2) is 4.79 Å². The summed E-state index contributed by atoms with van der Waals surface area (Å²) >= 11 is 0. The molecule has 5 heteroatoms. The fourth-order valence-electron chi connectivity index (χ4n) is 1.83. The van der Waals surface area contributed by atoms with E-state index in [0.29, 0.717) is 19.7 Å². The van der Waals surface area contributed by atoms with Crippen molar-refractivity contribution in [2.75, 3.05) is 26.8 Å². The highest BCUT2D eigenvalue weighted by atomic mass is 16.6. The van der Waals surface area contributed by atoms with Gasteiger partial charge in [0.25, 0.3) is 0 Å². The first-order chi connectivity index (χ1) is 6.18. The quantitative estimate of drug-likeness (QED) is 0.594. The maximum Gasteiger partial charge on any atom is 0.407 e. The maximum absolute atomic E-state index is 10.7. The summed E-state index contributed by atoms with van der Waals surface area (Å²) in [6.45, 7) is 1.68. The van der Waals surface area contributed by atoms with Gasteiger partial charge in [-0.1, -0.05) is 0 Å².